The van der Waals surface area contributed by atoms with Crippen LogP contribution in [0.3, 0.4) is 0 Å². The number of aromatic nitrogens is 3. The summed E-state index contributed by atoms with van der Waals surface area (Å²) in [5.74, 6) is -0.722. The smallest absolute Gasteiger partial charge is 0.254 e. The topological polar surface area (TPSA) is 155 Å². The third kappa shape index (κ3) is 5.47. The molecule has 0 unspecified atom stereocenters. The fourth-order valence-corrected chi connectivity index (χ4v) is 5.81. The summed E-state index contributed by atoms with van der Waals surface area (Å²) >= 11 is 0. The van der Waals surface area contributed by atoms with Crippen LogP contribution in [-0.4, -0.2) is 75.3 Å². The molecule has 3 heterocycles. The molecular formula is C32H34N8O3. The average molecular weight is 579 g/mol. The normalized spacial score (nSPS) is 14.0. The molecule has 11 nitrogen and oxygen atoms in total. The number of aromatic amines is 1. The van der Waals surface area contributed by atoms with Crippen molar-refractivity contribution in [1.82, 2.24) is 24.3 Å². The fourth-order valence-electron chi connectivity index (χ4n) is 5.81. The Bertz CT molecular complexity index is 1830. The van der Waals surface area contributed by atoms with Gasteiger partial charge in [0.15, 0.2) is 0 Å². The number of imidazole rings is 1. The van der Waals surface area contributed by atoms with Gasteiger partial charge in [-0.3, -0.25) is 14.4 Å². The average Bonchev–Trinajstić information content (AvgIpc) is 3.67. The Hall–Kier alpha value is -5.00. The number of amides is 3. The molecule has 2 aromatic heterocycles. The van der Waals surface area contributed by atoms with Gasteiger partial charge in [-0.15, -0.1) is 0 Å². The molecule has 11 heteroatoms. The highest BCUT2D eigenvalue weighted by Crippen LogP contribution is 2.39. The minimum Gasteiger partial charge on any atom is -0.366 e. The van der Waals surface area contributed by atoms with E-state index in [0.717, 1.165) is 46.1 Å². The minimum atomic E-state index is -0.560. The summed E-state index contributed by atoms with van der Waals surface area (Å²) in [4.78, 5) is 50.1. The number of likely N-dealkylation sites (N-methyl/N-ethyl adjacent to an activating group) is 1. The number of H-pyrrole nitrogens is 1. The largest absolute Gasteiger partial charge is 0.366 e. The maximum atomic E-state index is 13.3. The number of fused-ring (bicyclic) bond motifs is 3. The second-order valence-electron chi connectivity index (χ2n) is 10.9. The number of nitrogens with zero attached hydrogens (tertiary/aromatic N) is 4. The highest BCUT2D eigenvalue weighted by molar-refractivity contribution is 6.20. The van der Waals surface area contributed by atoms with E-state index < -0.39 is 5.91 Å². The number of anilines is 1. The highest BCUT2D eigenvalue weighted by atomic mass is 16.2. The second kappa shape index (κ2) is 11.7. The first-order valence-corrected chi connectivity index (χ1v) is 14.3. The summed E-state index contributed by atoms with van der Waals surface area (Å²) < 4.78 is 1.85. The quantitative estimate of drug-likeness (QED) is 0.222. The zero-order chi connectivity index (χ0) is 30.1. The third-order valence-electron chi connectivity index (χ3n) is 8.16. The Morgan fingerprint density at radius 2 is 1.84 bits per heavy atom. The van der Waals surface area contributed by atoms with Crippen LogP contribution >= 0.6 is 0 Å². The van der Waals surface area contributed by atoms with Gasteiger partial charge < -0.3 is 36.1 Å². The van der Waals surface area contributed by atoms with Crippen LogP contribution in [0.15, 0.2) is 67.3 Å². The number of hydrogen-bond donors (Lipinski definition) is 4. The monoisotopic (exact) mass is 578 g/mol. The molecule has 0 saturated carbocycles. The Labute approximate surface area is 248 Å². The van der Waals surface area contributed by atoms with E-state index >= 15 is 0 Å². The molecule has 0 bridgehead atoms. The summed E-state index contributed by atoms with van der Waals surface area (Å²) in [5.41, 5.74) is 17.3. The molecule has 6 N–H and O–H groups in total. The van der Waals surface area contributed by atoms with Crippen molar-refractivity contribution in [3.8, 4) is 11.1 Å². The van der Waals surface area contributed by atoms with Gasteiger partial charge in [0.2, 0.25) is 5.91 Å². The summed E-state index contributed by atoms with van der Waals surface area (Å²) in [7, 11) is 2.05. The number of piperazine rings is 1. The van der Waals surface area contributed by atoms with Crippen molar-refractivity contribution >= 4 is 45.2 Å². The van der Waals surface area contributed by atoms with Crippen LogP contribution in [0.25, 0.3) is 32.9 Å². The van der Waals surface area contributed by atoms with E-state index in [0.29, 0.717) is 42.0 Å². The van der Waals surface area contributed by atoms with Gasteiger partial charge >= 0.3 is 0 Å². The van der Waals surface area contributed by atoms with Crippen molar-refractivity contribution < 1.29 is 14.4 Å². The van der Waals surface area contributed by atoms with Crippen molar-refractivity contribution in [2.75, 3.05) is 38.5 Å². The van der Waals surface area contributed by atoms with E-state index in [1.807, 2.05) is 58.1 Å². The van der Waals surface area contributed by atoms with Crippen LogP contribution in [0, 0.1) is 0 Å². The number of hydrogen-bond acceptors (Lipinski definition) is 6. The molecule has 1 aliphatic rings. The Morgan fingerprint density at radius 1 is 1.02 bits per heavy atom. The van der Waals surface area contributed by atoms with Crippen LogP contribution in [-0.2, 0) is 17.9 Å². The third-order valence-corrected chi connectivity index (χ3v) is 8.16. The van der Waals surface area contributed by atoms with Crippen molar-refractivity contribution in [3.63, 3.8) is 0 Å². The van der Waals surface area contributed by atoms with Gasteiger partial charge in [-0.1, -0.05) is 24.3 Å². The lowest BCUT2D eigenvalue weighted by atomic mass is 9.92. The van der Waals surface area contributed by atoms with Gasteiger partial charge in [0.25, 0.3) is 11.8 Å². The lowest BCUT2D eigenvalue weighted by Crippen LogP contribution is -2.47. The van der Waals surface area contributed by atoms with Crippen molar-refractivity contribution in [3.05, 3.63) is 83.9 Å². The van der Waals surface area contributed by atoms with Crippen LogP contribution in [0.4, 0.5) is 5.69 Å². The zero-order valence-electron chi connectivity index (χ0n) is 24.0. The molecule has 220 valence electrons. The predicted octanol–water partition coefficient (Wildman–Crippen LogP) is 3.16. The second-order valence-corrected chi connectivity index (χ2v) is 10.9. The van der Waals surface area contributed by atoms with E-state index in [1.54, 1.807) is 18.6 Å². The first kappa shape index (κ1) is 28.1. The molecule has 1 aliphatic heterocycles. The molecule has 0 radical (unpaired) electrons. The summed E-state index contributed by atoms with van der Waals surface area (Å²) in [6.45, 7) is 3.70. The summed E-state index contributed by atoms with van der Waals surface area (Å²) in [6, 6.07) is 14.8. The number of carbonyl (C=O) groups excluding carboxylic acids is 3. The fraction of sp³-hybridized carbons (Fsp3) is 0.250. The number of primary amides is 1. The molecule has 6 rings (SSSR count). The van der Waals surface area contributed by atoms with E-state index in [2.05, 4.69) is 27.2 Å². The Morgan fingerprint density at radius 3 is 2.56 bits per heavy atom. The Balaban J connectivity index is 1.40. The van der Waals surface area contributed by atoms with E-state index in [1.165, 1.54) is 0 Å². The van der Waals surface area contributed by atoms with Crippen LogP contribution < -0.4 is 16.8 Å². The number of rotatable bonds is 8. The first-order valence-electron chi connectivity index (χ1n) is 14.3. The number of carbonyl (C=O) groups is 3. The number of nitrogens with two attached hydrogens (primary N) is 2. The number of benzene rings is 3. The molecule has 3 aromatic carbocycles. The molecule has 1 fully saturated rings. The summed E-state index contributed by atoms with van der Waals surface area (Å²) in [5, 5.41) is 4.66. The van der Waals surface area contributed by atoms with Gasteiger partial charge in [-0.25, -0.2) is 4.98 Å². The first-order chi connectivity index (χ1) is 20.8. The molecular weight excluding hydrogens is 544 g/mol. The van der Waals surface area contributed by atoms with Gasteiger partial charge in [0.05, 0.1) is 17.4 Å². The van der Waals surface area contributed by atoms with Gasteiger partial charge in [0, 0.05) is 85.6 Å². The van der Waals surface area contributed by atoms with Gasteiger partial charge in [-0.2, -0.15) is 0 Å². The van der Waals surface area contributed by atoms with Crippen molar-refractivity contribution in [2.24, 2.45) is 11.5 Å². The van der Waals surface area contributed by atoms with E-state index in [-0.39, 0.29) is 24.8 Å². The summed E-state index contributed by atoms with van der Waals surface area (Å²) in [6.07, 6.45) is 5.44. The molecule has 43 heavy (non-hydrogen) atoms. The lowest BCUT2D eigenvalue weighted by molar-refractivity contribution is -0.116. The number of nitrogens with one attached hydrogen (secondary N) is 2. The van der Waals surface area contributed by atoms with Crippen molar-refractivity contribution in [2.45, 2.75) is 19.5 Å². The molecule has 5 aromatic rings. The standard InChI is InChI=1S/C32H34N8O3/c1-38-13-15-40(16-14-38)32(43)20-5-6-23-27(17-20)37-30-24(31(34)42)8-7-22(29(23)30)21-3-2-4-26(25(21)18-33)36-28(41)9-11-39-12-10-35-19-39/h2-8,10,12,17,19,37H,9,11,13-16,18,33H2,1H3,(H2,34,42)(H,36,41). The minimum absolute atomic E-state index is 0.0223. The van der Waals surface area contributed by atoms with E-state index in [4.69, 9.17) is 11.5 Å². The van der Waals surface area contributed by atoms with Crippen molar-refractivity contribution in [1.29, 1.82) is 0 Å². The van der Waals surface area contributed by atoms with Gasteiger partial charge in [-0.05, 0) is 48.0 Å². The molecule has 1 saturated heterocycles. The zero-order valence-corrected chi connectivity index (χ0v) is 24.0. The number of aryl methyl sites for hydroxylation is 1. The maximum Gasteiger partial charge on any atom is 0.254 e. The molecule has 3 amide bonds. The molecule has 0 aliphatic carbocycles. The van der Waals surface area contributed by atoms with Gasteiger partial charge in [0.1, 0.15) is 0 Å². The highest BCUT2D eigenvalue weighted by Gasteiger charge is 2.23. The Kier molecular flexibility index (Phi) is 7.66. The molecule has 0 spiro atoms. The lowest BCUT2D eigenvalue weighted by Gasteiger charge is -2.32. The van der Waals surface area contributed by atoms with Crippen LogP contribution in [0.5, 0.6) is 0 Å². The SMILES string of the molecule is CN1CCN(C(=O)c2ccc3c(c2)[nH]c2c(C(N)=O)ccc(-c4cccc(NC(=O)CCn5ccnc5)c4CN)c23)CC1. The van der Waals surface area contributed by atoms with E-state index in [9.17, 15) is 14.4 Å². The molecule has 0 atom stereocenters. The predicted molar refractivity (Wildman–Crippen MR) is 167 cm³/mol. The van der Waals surface area contributed by atoms with Crippen LogP contribution in [0.2, 0.25) is 0 Å². The maximum absolute atomic E-state index is 13.3. The van der Waals surface area contributed by atoms with Crippen LogP contribution in [0.1, 0.15) is 32.7 Å².